The highest BCUT2D eigenvalue weighted by atomic mass is 15.1. The van der Waals surface area contributed by atoms with Crippen molar-refractivity contribution >= 4 is 11.6 Å². The second kappa shape index (κ2) is 7.00. The van der Waals surface area contributed by atoms with Crippen molar-refractivity contribution in [1.29, 1.82) is 0 Å². The van der Waals surface area contributed by atoms with E-state index in [1.54, 1.807) is 6.33 Å². The highest BCUT2D eigenvalue weighted by Crippen LogP contribution is 2.08. The monoisotopic (exact) mass is 223 g/mol. The van der Waals surface area contributed by atoms with Gasteiger partial charge in [-0.05, 0) is 18.9 Å². The molecular weight excluding hydrogens is 202 g/mol. The molecule has 90 valence electrons. The maximum atomic E-state index is 5.55. The molecule has 0 aliphatic rings. The fraction of sp³-hybridized carbons (Fsp3) is 0.636. The Morgan fingerprint density at radius 2 is 2.00 bits per heavy atom. The van der Waals surface area contributed by atoms with Crippen LogP contribution in [0.3, 0.4) is 0 Å². The first-order valence-corrected chi connectivity index (χ1v) is 5.76. The second-order valence-electron chi connectivity index (χ2n) is 3.94. The van der Waals surface area contributed by atoms with Crippen LogP contribution < -0.4 is 16.4 Å². The van der Waals surface area contributed by atoms with E-state index in [4.69, 9.17) is 5.73 Å². The summed E-state index contributed by atoms with van der Waals surface area (Å²) in [5.41, 5.74) is 5.55. The van der Waals surface area contributed by atoms with Gasteiger partial charge in [0.05, 0.1) is 0 Å². The highest BCUT2D eigenvalue weighted by Gasteiger charge is 2.01. The van der Waals surface area contributed by atoms with Crippen LogP contribution in [0.5, 0.6) is 0 Å². The van der Waals surface area contributed by atoms with Crippen LogP contribution >= 0.6 is 0 Å². The van der Waals surface area contributed by atoms with E-state index in [9.17, 15) is 0 Å². The minimum Gasteiger partial charge on any atom is -0.370 e. The third-order valence-corrected chi connectivity index (χ3v) is 2.26. The minimum atomic E-state index is 0.446. The molecular formula is C11H21N5. The summed E-state index contributed by atoms with van der Waals surface area (Å²) in [6.45, 7) is 6.66. The van der Waals surface area contributed by atoms with Crippen molar-refractivity contribution in [3.8, 4) is 0 Å². The van der Waals surface area contributed by atoms with Gasteiger partial charge in [-0.15, -0.1) is 0 Å². The molecule has 0 amide bonds. The molecule has 0 saturated carbocycles. The first kappa shape index (κ1) is 12.7. The normalized spacial score (nSPS) is 12.2. The number of hydrogen-bond donors (Lipinski definition) is 3. The van der Waals surface area contributed by atoms with Gasteiger partial charge in [0.25, 0.3) is 0 Å². The Kier molecular flexibility index (Phi) is 5.56. The fourth-order valence-corrected chi connectivity index (χ4v) is 1.17. The number of rotatable bonds is 7. The Morgan fingerprint density at radius 1 is 1.31 bits per heavy atom. The Morgan fingerprint density at radius 3 is 2.62 bits per heavy atom. The van der Waals surface area contributed by atoms with Crippen LogP contribution in [0.4, 0.5) is 11.6 Å². The third-order valence-electron chi connectivity index (χ3n) is 2.26. The zero-order valence-corrected chi connectivity index (χ0v) is 10.0. The number of nitrogens with one attached hydrogen (secondary N) is 2. The molecule has 0 aliphatic heterocycles. The summed E-state index contributed by atoms with van der Waals surface area (Å²) in [5.74, 6) is 2.15. The number of nitrogens with two attached hydrogens (primary N) is 1. The number of aromatic nitrogens is 2. The maximum absolute atomic E-state index is 5.55. The van der Waals surface area contributed by atoms with Crippen molar-refractivity contribution < 1.29 is 0 Å². The first-order valence-electron chi connectivity index (χ1n) is 5.76. The van der Waals surface area contributed by atoms with E-state index in [-0.39, 0.29) is 0 Å². The van der Waals surface area contributed by atoms with Crippen molar-refractivity contribution in [3.05, 3.63) is 12.4 Å². The molecule has 5 heteroatoms. The van der Waals surface area contributed by atoms with Crippen LogP contribution in [-0.4, -0.2) is 29.6 Å². The van der Waals surface area contributed by atoms with Gasteiger partial charge < -0.3 is 16.4 Å². The molecule has 16 heavy (non-hydrogen) atoms. The Balaban J connectivity index is 2.46. The smallest absolute Gasteiger partial charge is 0.131 e. The van der Waals surface area contributed by atoms with E-state index < -0.39 is 0 Å². The molecule has 1 heterocycles. The summed E-state index contributed by atoms with van der Waals surface area (Å²) in [5, 5.41) is 6.46. The average molecular weight is 223 g/mol. The Labute approximate surface area is 96.9 Å². The molecule has 0 saturated heterocycles. The van der Waals surface area contributed by atoms with E-state index in [1.165, 1.54) is 0 Å². The third kappa shape index (κ3) is 4.44. The molecule has 0 radical (unpaired) electrons. The molecule has 0 aliphatic carbocycles. The summed E-state index contributed by atoms with van der Waals surface area (Å²) < 4.78 is 0. The van der Waals surface area contributed by atoms with Gasteiger partial charge in [-0.3, -0.25) is 0 Å². The van der Waals surface area contributed by atoms with Crippen molar-refractivity contribution in [2.45, 2.75) is 20.3 Å². The van der Waals surface area contributed by atoms with E-state index in [0.717, 1.165) is 31.1 Å². The van der Waals surface area contributed by atoms with E-state index >= 15 is 0 Å². The van der Waals surface area contributed by atoms with Crippen molar-refractivity contribution in [3.63, 3.8) is 0 Å². The number of hydrogen-bond acceptors (Lipinski definition) is 5. The van der Waals surface area contributed by atoms with Crippen molar-refractivity contribution in [2.24, 2.45) is 11.7 Å². The van der Waals surface area contributed by atoms with Gasteiger partial charge in [0.15, 0.2) is 0 Å². The van der Waals surface area contributed by atoms with Gasteiger partial charge in [0, 0.05) is 19.2 Å². The van der Waals surface area contributed by atoms with Crippen molar-refractivity contribution in [1.82, 2.24) is 9.97 Å². The lowest BCUT2D eigenvalue weighted by Crippen LogP contribution is -2.20. The van der Waals surface area contributed by atoms with Crippen LogP contribution in [0.2, 0.25) is 0 Å². The molecule has 1 unspecified atom stereocenters. The first-order chi connectivity index (χ1) is 7.76. The fourth-order valence-electron chi connectivity index (χ4n) is 1.17. The SMILES string of the molecule is CCCNc1cc(NCC(C)CN)ncn1. The summed E-state index contributed by atoms with van der Waals surface area (Å²) in [7, 11) is 0. The zero-order valence-electron chi connectivity index (χ0n) is 10.0. The predicted molar refractivity (Wildman–Crippen MR) is 67.5 cm³/mol. The highest BCUT2D eigenvalue weighted by molar-refractivity contribution is 5.46. The molecule has 0 bridgehead atoms. The van der Waals surface area contributed by atoms with E-state index in [0.29, 0.717) is 12.5 Å². The number of anilines is 2. The van der Waals surface area contributed by atoms with Gasteiger partial charge in [-0.1, -0.05) is 13.8 Å². The summed E-state index contributed by atoms with van der Waals surface area (Å²) in [6, 6.07) is 1.92. The lowest BCUT2D eigenvalue weighted by atomic mass is 10.2. The van der Waals surface area contributed by atoms with E-state index in [2.05, 4.69) is 34.4 Å². The van der Waals surface area contributed by atoms with Crippen LogP contribution in [-0.2, 0) is 0 Å². The lowest BCUT2D eigenvalue weighted by molar-refractivity contribution is 0.627. The molecule has 0 aromatic carbocycles. The van der Waals surface area contributed by atoms with Crippen LogP contribution in [0.25, 0.3) is 0 Å². The molecule has 5 nitrogen and oxygen atoms in total. The summed E-state index contributed by atoms with van der Waals surface area (Å²) >= 11 is 0. The lowest BCUT2D eigenvalue weighted by Gasteiger charge is -2.11. The largest absolute Gasteiger partial charge is 0.370 e. The molecule has 1 atom stereocenters. The zero-order chi connectivity index (χ0) is 11.8. The van der Waals surface area contributed by atoms with Gasteiger partial charge in [-0.2, -0.15) is 0 Å². The molecule has 1 aromatic heterocycles. The molecule has 1 aromatic rings. The molecule has 4 N–H and O–H groups in total. The van der Waals surface area contributed by atoms with Crippen LogP contribution in [0.15, 0.2) is 12.4 Å². The average Bonchev–Trinajstić information content (AvgIpc) is 2.34. The van der Waals surface area contributed by atoms with Gasteiger partial charge in [0.2, 0.25) is 0 Å². The standard InChI is InChI=1S/C11H21N5/c1-3-4-13-10-5-11(16-8-15-10)14-7-9(2)6-12/h5,8-9H,3-4,6-7,12H2,1-2H3,(H2,13,14,15,16). The van der Waals surface area contributed by atoms with E-state index in [1.807, 2.05) is 6.07 Å². The predicted octanol–water partition coefficient (Wildman–Crippen LogP) is 1.31. The maximum Gasteiger partial charge on any atom is 0.131 e. The van der Waals surface area contributed by atoms with Crippen LogP contribution in [0, 0.1) is 5.92 Å². The minimum absolute atomic E-state index is 0.446. The second-order valence-corrected chi connectivity index (χ2v) is 3.94. The Bertz CT molecular complexity index is 302. The molecule has 1 rings (SSSR count). The summed E-state index contributed by atoms with van der Waals surface area (Å²) in [4.78, 5) is 8.29. The Hall–Kier alpha value is -1.36. The quantitative estimate of drug-likeness (QED) is 0.649. The van der Waals surface area contributed by atoms with Gasteiger partial charge >= 0.3 is 0 Å². The topological polar surface area (TPSA) is 75.9 Å². The van der Waals surface area contributed by atoms with Gasteiger partial charge in [0.1, 0.15) is 18.0 Å². The molecule has 0 spiro atoms. The summed E-state index contributed by atoms with van der Waals surface area (Å²) in [6.07, 6.45) is 2.64. The number of nitrogens with zero attached hydrogens (tertiary/aromatic N) is 2. The van der Waals surface area contributed by atoms with Crippen molar-refractivity contribution in [2.75, 3.05) is 30.3 Å². The molecule has 0 fully saturated rings. The van der Waals surface area contributed by atoms with Crippen LogP contribution in [0.1, 0.15) is 20.3 Å². The van der Waals surface area contributed by atoms with Gasteiger partial charge in [-0.25, -0.2) is 9.97 Å².